The highest BCUT2D eigenvalue weighted by atomic mass is 15.0. The first kappa shape index (κ1) is 8.71. The number of aromatic amines is 1. The molecule has 3 rings (SSSR count). The first-order valence-corrected chi connectivity index (χ1v) is 5.39. The van der Waals surface area contributed by atoms with E-state index in [1.54, 1.807) is 6.33 Å². The Morgan fingerprint density at radius 2 is 2.20 bits per heavy atom. The summed E-state index contributed by atoms with van der Waals surface area (Å²) in [5.41, 5.74) is 3.48. The van der Waals surface area contributed by atoms with Gasteiger partial charge in [0.1, 0.15) is 5.69 Å². The van der Waals surface area contributed by atoms with Gasteiger partial charge in [-0.3, -0.25) is 0 Å². The lowest BCUT2D eigenvalue weighted by molar-refractivity contribution is 0.667. The van der Waals surface area contributed by atoms with Crippen LogP contribution in [-0.4, -0.2) is 19.5 Å². The largest absolute Gasteiger partial charge is 0.340 e. The van der Waals surface area contributed by atoms with Crippen LogP contribution in [0.3, 0.4) is 0 Å². The van der Waals surface area contributed by atoms with E-state index in [4.69, 9.17) is 0 Å². The lowest BCUT2D eigenvalue weighted by Gasteiger charge is -2.07. The molecule has 4 heteroatoms. The van der Waals surface area contributed by atoms with Crippen LogP contribution >= 0.6 is 0 Å². The number of hydrogen-bond acceptors (Lipinski definition) is 2. The molecule has 0 atom stereocenters. The highest BCUT2D eigenvalue weighted by Gasteiger charge is 2.15. The van der Waals surface area contributed by atoms with Crippen molar-refractivity contribution >= 4 is 0 Å². The third-order valence-corrected chi connectivity index (χ3v) is 2.90. The zero-order valence-electron chi connectivity index (χ0n) is 8.82. The van der Waals surface area contributed by atoms with E-state index in [2.05, 4.69) is 15.0 Å². The molecule has 4 nitrogen and oxygen atoms in total. The van der Waals surface area contributed by atoms with Gasteiger partial charge in [-0.2, -0.15) is 0 Å². The third-order valence-electron chi connectivity index (χ3n) is 2.90. The number of rotatable bonds is 1. The van der Waals surface area contributed by atoms with Gasteiger partial charge < -0.3 is 9.55 Å². The van der Waals surface area contributed by atoms with Crippen molar-refractivity contribution in [2.75, 3.05) is 0 Å². The van der Waals surface area contributed by atoms with Crippen LogP contribution in [0.25, 0.3) is 11.5 Å². The molecule has 0 radical (unpaired) electrons. The van der Waals surface area contributed by atoms with Crippen LogP contribution in [0, 0.1) is 0 Å². The topological polar surface area (TPSA) is 46.5 Å². The second-order valence-corrected chi connectivity index (χ2v) is 4.14. The molecule has 2 aromatic heterocycles. The molecule has 0 amide bonds. The van der Waals surface area contributed by atoms with Gasteiger partial charge >= 0.3 is 0 Å². The standard InChI is InChI=1S/C11H14N4/c1-15-6-10(12-7-15)11-13-8-4-2-3-5-9(8)14-11/h6-7H,2-5H2,1H3,(H,13,14). The number of hydrogen-bond donors (Lipinski definition) is 1. The van der Waals surface area contributed by atoms with Crippen molar-refractivity contribution in [2.45, 2.75) is 25.7 Å². The number of aromatic nitrogens is 4. The van der Waals surface area contributed by atoms with Crippen molar-refractivity contribution < 1.29 is 0 Å². The van der Waals surface area contributed by atoms with Gasteiger partial charge in [-0.25, -0.2) is 9.97 Å². The molecule has 0 fully saturated rings. The SMILES string of the molecule is Cn1cnc(-c2nc3c([nH]2)CCCC3)c1. The zero-order valence-corrected chi connectivity index (χ0v) is 8.82. The average molecular weight is 202 g/mol. The molecule has 2 heterocycles. The zero-order chi connectivity index (χ0) is 10.3. The molecular formula is C11H14N4. The Kier molecular flexibility index (Phi) is 1.87. The van der Waals surface area contributed by atoms with Gasteiger partial charge in [-0.15, -0.1) is 0 Å². The van der Waals surface area contributed by atoms with Crippen molar-refractivity contribution in [3.63, 3.8) is 0 Å². The highest BCUT2D eigenvalue weighted by Crippen LogP contribution is 2.22. The molecule has 1 aliphatic rings. The summed E-state index contributed by atoms with van der Waals surface area (Å²) in [5, 5.41) is 0. The Balaban J connectivity index is 2.02. The van der Waals surface area contributed by atoms with Gasteiger partial charge in [0.05, 0.1) is 12.0 Å². The van der Waals surface area contributed by atoms with E-state index >= 15 is 0 Å². The quantitative estimate of drug-likeness (QED) is 0.765. The maximum absolute atomic E-state index is 4.60. The molecule has 0 unspecified atom stereocenters. The summed E-state index contributed by atoms with van der Waals surface area (Å²) < 4.78 is 1.94. The Morgan fingerprint density at radius 1 is 1.33 bits per heavy atom. The van der Waals surface area contributed by atoms with Gasteiger partial charge in [0, 0.05) is 18.9 Å². The molecular weight excluding hydrogens is 188 g/mol. The van der Waals surface area contributed by atoms with Crippen molar-refractivity contribution in [2.24, 2.45) is 7.05 Å². The molecule has 0 aromatic carbocycles. The van der Waals surface area contributed by atoms with Crippen LogP contribution in [0.4, 0.5) is 0 Å². The van der Waals surface area contributed by atoms with E-state index in [1.165, 1.54) is 24.2 Å². The highest BCUT2D eigenvalue weighted by molar-refractivity contribution is 5.49. The fourth-order valence-corrected chi connectivity index (χ4v) is 2.11. The molecule has 1 N–H and O–H groups in total. The molecule has 0 saturated carbocycles. The molecule has 1 aliphatic carbocycles. The molecule has 0 saturated heterocycles. The average Bonchev–Trinajstić information content (AvgIpc) is 2.82. The van der Waals surface area contributed by atoms with Gasteiger partial charge in [0.15, 0.2) is 5.82 Å². The summed E-state index contributed by atoms with van der Waals surface area (Å²) in [7, 11) is 1.97. The van der Waals surface area contributed by atoms with Gasteiger partial charge in [0.2, 0.25) is 0 Å². The maximum atomic E-state index is 4.60. The van der Waals surface area contributed by atoms with E-state index in [0.717, 1.165) is 24.4 Å². The Labute approximate surface area is 88.4 Å². The summed E-state index contributed by atoms with van der Waals surface area (Å²) in [4.78, 5) is 12.3. The summed E-state index contributed by atoms with van der Waals surface area (Å²) in [6.07, 6.45) is 8.57. The van der Waals surface area contributed by atoms with Crippen molar-refractivity contribution in [3.8, 4) is 11.5 Å². The minimum absolute atomic E-state index is 0.919. The third kappa shape index (κ3) is 1.46. The summed E-state index contributed by atoms with van der Waals surface area (Å²) in [6.45, 7) is 0. The molecule has 15 heavy (non-hydrogen) atoms. The van der Waals surface area contributed by atoms with Gasteiger partial charge in [-0.1, -0.05) is 0 Å². The summed E-state index contributed by atoms with van der Waals surface area (Å²) >= 11 is 0. The van der Waals surface area contributed by atoms with Crippen LogP contribution in [0.1, 0.15) is 24.2 Å². The summed E-state index contributed by atoms with van der Waals surface area (Å²) in [5.74, 6) is 0.919. The number of nitrogens with zero attached hydrogens (tertiary/aromatic N) is 3. The number of nitrogens with one attached hydrogen (secondary N) is 1. The summed E-state index contributed by atoms with van der Waals surface area (Å²) in [6, 6.07) is 0. The number of H-pyrrole nitrogens is 1. The number of aryl methyl sites for hydroxylation is 3. The smallest absolute Gasteiger partial charge is 0.158 e. The molecule has 0 bridgehead atoms. The van der Waals surface area contributed by atoms with Crippen molar-refractivity contribution in [3.05, 3.63) is 23.9 Å². The van der Waals surface area contributed by atoms with E-state index in [-0.39, 0.29) is 0 Å². The predicted molar refractivity (Wildman–Crippen MR) is 57.4 cm³/mol. The van der Waals surface area contributed by atoms with Crippen LogP contribution in [0.15, 0.2) is 12.5 Å². The second-order valence-electron chi connectivity index (χ2n) is 4.14. The fourth-order valence-electron chi connectivity index (χ4n) is 2.11. The van der Waals surface area contributed by atoms with E-state index in [1.807, 2.05) is 17.8 Å². The Hall–Kier alpha value is -1.58. The predicted octanol–water partition coefficient (Wildman–Crippen LogP) is 1.69. The molecule has 0 spiro atoms. The normalized spacial score (nSPS) is 15.3. The molecule has 2 aromatic rings. The van der Waals surface area contributed by atoms with Crippen LogP contribution in [-0.2, 0) is 19.9 Å². The Bertz CT molecular complexity index is 457. The van der Waals surface area contributed by atoms with Crippen LogP contribution < -0.4 is 0 Å². The maximum Gasteiger partial charge on any atom is 0.158 e. The van der Waals surface area contributed by atoms with Gasteiger partial charge in [0.25, 0.3) is 0 Å². The van der Waals surface area contributed by atoms with E-state index < -0.39 is 0 Å². The van der Waals surface area contributed by atoms with Gasteiger partial charge in [-0.05, 0) is 25.7 Å². The monoisotopic (exact) mass is 202 g/mol. The fraction of sp³-hybridized carbons (Fsp3) is 0.455. The minimum atomic E-state index is 0.919. The van der Waals surface area contributed by atoms with E-state index in [0.29, 0.717) is 0 Å². The Morgan fingerprint density at radius 3 is 2.93 bits per heavy atom. The number of imidazole rings is 2. The van der Waals surface area contributed by atoms with E-state index in [9.17, 15) is 0 Å². The van der Waals surface area contributed by atoms with Crippen molar-refractivity contribution in [1.82, 2.24) is 19.5 Å². The lowest BCUT2D eigenvalue weighted by atomic mass is 10.0. The lowest BCUT2D eigenvalue weighted by Crippen LogP contribution is -2.00. The first-order chi connectivity index (χ1) is 7.33. The van der Waals surface area contributed by atoms with Crippen molar-refractivity contribution in [1.29, 1.82) is 0 Å². The number of fused-ring (bicyclic) bond motifs is 1. The molecule has 0 aliphatic heterocycles. The first-order valence-electron chi connectivity index (χ1n) is 5.39. The van der Waals surface area contributed by atoms with Crippen LogP contribution in [0.2, 0.25) is 0 Å². The second kappa shape index (κ2) is 3.22. The van der Waals surface area contributed by atoms with Crippen LogP contribution in [0.5, 0.6) is 0 Å². The minimum Gasteiger partial charge on any atom is -0.340 e. The molecule has 78 valence electrons.